The molecule has 0 spiro atoms. The highest BCUT2D eigenvalue weighted by atomic mass is 15.4. The fourth-order valence-corrected chi connectivity index (χ4v) is 1.51. The van der Waals surface area contributed by atoms with Crippen LogP contribution in [0.25, 0.3) is 0 Å². The van der Waals surface area contributed by atoms with E-state index in [-0.39, 0.29) is 5.54 Å². The van der Waals surface area contributed by atoms with Gasteiger partial charge in [-0.25, -0.2) is 4.99 Å². The predicted octanol–water partition coefficient (Wildman–Crippen LogP) is 1.41. The van der Waals surface area contributed by atoms with Gasteiger partial charge in [-0.05, 0) is 27.2 Å². The van der Waals surface area contributed by atoms with Gasteiger partial charge in [0.15, 0.2) is 5.96 Å². The average Bonchev–Trinajstić information content (AvgIpc) is 1.95. The van der Waals surface area contributed by atoms with Crippen molar-refractivity contribution < 1.29 is 0 Å². The highest BCUT2D eigenvalue weighted by molar-refractivity contribution is 5.80. The van der Waals surface area contributed by atoms with E-state index < -0.39 is 0 Å². The molecule has 1 heterocycles. The molecular weight excluding hydrogens is 162 g/mol. The highest BCUT2D eigenvalue weighted by Gasteiger charge is 2.20. The number of hydrogen-bond donors (Lipinski definition) is 0. The van der Waals surface area contributed by atoms with Crippen molar-refractivity contribution in [2.45, 2.75) is 32.7 Å². The SMILES string of the molecule is CN1CCCN(C)C1=NC(C)(C)C. The third kappa shape index (κ3) is 2.90. The van der Waals surface area contributed by atoms with Gasteiger partial charge in [0, 0.05) is 27.2 Å². The van der Waals surface area contributed by atoms with Gasteiger partial charge in [0.05, 0.1) is 5.54 Å². The zero-order valence-corrected chi connectivity index (χ0v) is 9.46. The number of aliphatic imine (C=N–C) groups is 1. The molecular formula is C10H21N3. The first kappa shape index (κ1) is 10.4. The van der Waals surface area contributed by atoms with Crippen LogP contribution in [0.3, 0.4) is 0 Å². The van der Waals surface area contributed by atoms with E-state index in [0.29, 0.717) is 0 Å². The molecule has 13 heavy (non-hydrogen) atoms. The molecule has 0 saturated carbocycles. The number of hydrogen-bond acceptors (Lipinski definition) is 1. The predicted molar refractivity (Wildman–Crippen MR) is 57.1 cm³/mol. The van der Waals surface area contributed by atoms with Crippen molar-refractivity contribution in [3.8, 4) is 0 Å². The lowest BCUT2D eigenvalue weighted by Crippen LogP contribution is -2.47. The highest BCUT2D eigenvalue weighted by Crippen LogP contribution is 2.12. The van der Waals surface area contributed by atoms with Crippen LogP contribution in [0.1, 0.15) is 27.2 Å². The Kier molecular flexibility index (Phi) is 2.84. The first-order valence-electron chi connectivity index (χ1n) is 4.92. The molecule has 0 amide bonds. The Balaban J connectivity index is 2.79. The Morgan fingerprint density at radius 3 is 1.92 bits per heavy atom. The number of rotatable bonds is 0. The molecule has 0 N–H and O–H groups in total. The van der Waals surface area contributed by atoms with Crippen LogP contribution in [0.15, 0.2) is 4.99 Å². The van der Waals surface area contributed by atoms with Crippen LogP contribution >= 0.6 is 0 Å². The Labute approximate surface area is 81.4 Å². The van der Waals surface area contributed by atoms with Gasteiger partial charge < -0.3 is 9.80 Å². The molecule has 1 saturated heterocycles. The summed E-state index contributed by atoms with van der Waals surface area (Å²) in [6.45, 7) is 8.65. The van der Waals surface area contributed by atoms with Crippen molar-refractivity contribution in [1.29, 1.82) is 0 Å². The molecule has 0 atom stereocenters. The number of guanidine groups is 1. The summed E-state index contributed by atoms with van der Waals surface area (Å²) >= 11 is 0. The van der Waals surface area contributed by atoms with E-state index in [4.69, 9.17) is 4.99 Å². The molecule has 0 radical (unpaired) electrons. The summed E-state index contributed by atoms with van der Waals surface area (Å²) in [7, 11) is 4.22. The van der Waals surface area contributed by atoms with Crippen molar-refractivity contribution in [2.24, 2.45) is 4.99 Å². The molecule has 0 aromatic rings. The second-order valence-electron chi connectivity index (χ2n) is 4.78. The van der Waals surface area contributed by atoms with Crippen LogP contribution in [0.4, 0.5) is 0 Å². The summed E-state index contributed by atoms with van der Waals surface area (Å²) < 4.78 is 0. The first-order chi connectivity index (χ1) is 5.90. The van der Waals surface area contributed by atoms with E-state index in [2.05, 4.69) is 44.7 Å². The minimum atomic E-state index is 0.0230. The maximum atomic E-state index is 4.70. The summed E-state index contributed by atoms with van der Waals surface area (Å²) in [5.41, 5.74) is 0.0230. The second kappa shape index (κ2) is 3.56. The van der Waals surface area contributed by atoms with Gasteiger partial charge in [-0.1, -0.05) is 0 Å². The molecule has 0 aromatic carbocycles. The summed E-state index contributed by atoms with van der Waals surface area (Å²) in [5.74, 6) is 1.12. The third-order valence-electron chi connectivity index (χ3n) is 2.11. The Bertz CT molecular complexity index is 191. The second-order valence-corrected chi connectivity index (χ2v) is 4.78. The van der Waals surface area contributed by atoms with Gasteiger partial charge in [0.1, 0.15) is 0 Å². The maximum absolute atomic E-state index is 4.70. The fraction of sp³-hybridized carbons (Fsp3) is 0.900. The lowest BCUT2D eigenvalue weighted by atomic mass is 10.1. The average molecular weight is 183 g/mol. The van der Waals surface area contributed by atoms with E-state index in [9.17, 15) is 0 Å². The molecule has 3 nitrogen and oxygen atoms in total. The molecule has 0 bridgehead atoms. The van der Waals surface area contributed by atoms with Crippen molar-refractivity contribution in [1.82, 2.24) is 9.80 Å². The minimum Gasteiger partial charge on any atom is -0.346 e. The number of nitrogens with zero attached hydrogens (tertiary/aromatic N) is 3. The summed E-state index contributed by atoms with van der Waals surface area (Å²) in [6, 6.07) is 0. The van der Waals surface area contributed by atoms with E-state index in [0.717, 1.165) is 19.0 Å². The normalized spacial score (nSPS) is 19.3. The van der Waals surface area contributed by atoms with Crippen molar-refractivity contribution in [3.05, 3.63) is 0 Å². The Morgan fingerprint density at radius 1 is 1.08 bits per heavy atom. The van der Waals surface area contributed by atoms with Gasteiger partial charge in [-0.2, -0.15) is 0 Å². The zero-order chi connectivity index (χ0) is 10.1. The summed E-state index contributed by atoms with van der Waals surface area (Å²) in [6.07, 6.45) is 1.23. The van der Waals surface area contributed by atoms with Crippen LogP contribution < -0.4 is 0 Å². The van der Waals surface area contributed by atoms with Crippen LogP contribution in [0.5, 0.6) is 0 Å². The van der Waals surface area contributed by atoms with Crippen LogP contribution in [0, 0.1) is 0 Å². The minimum absolute atomic E-state index is 0.0230. The zero-order valence-electron chi connectivity index (χ0n) is 9.46. The van der Waals surface area contributed by atoms with Gasteiger partial charge in [-0.15, -0.1) is 0 Å². The van der Waals surface area contributed by atoms with E-state index in [1.165, 1.54) is 6.42 Å². The Morgan fingerprint density at radius 2 is 1.54 bits per heavy atom. The lowest BCUT2D eigenvalue weighted by molar-refractivity contribution is 0.310. The van der Waals surface area contributed by atoms with Crippen LogP contribution in [0.2, 0.25) is 0 Å². The van der Waals surface area contributed by atoms with Gasteiger partial charge >= 0.3 is 0 Å². The van der Waals surface area contributed by atoms with E-state index in [1.54, 1.807) is 0 Å². The molecule has 76 valence electrons. The van der Waals surface area contributed by atoms with E-state index >= 15 is 0 Å². The smallest absolute Gasteiger partial charge is 0.196 e. The summed E-state index contributed by atoms with van der Waals surface area (Å²) in [4.78, 5) is 9.16. The van der Waals surface area contributed by atoms with Crippen molar-refractivity contribution >= 4 is 5.96 Å². The van der Waals surface area contributed by atoms with Gasteiger partial charge in [0.2, 0.25) is 0 Å². The van der Waals surface area contributed by atoms with Gasteiger partial charge in [-0.3, -0.25) is 0 Å². The van der Waals surface area contributed by atoms with Crippen molar-refractivity contribution in [3.63, 3.8) is 0 Å². The van der Waals surface area contributed by atoms with E-state index in [1.807, 2.05) is 0 Å². The molecule has 1 aliphatic heterocycles. The fourth-order valence-electron chi connectivity index (χ4n) is 1.51. The standard InChI is InChI=1S/C10H21N3/c1-10(2,3)11-9-12(4)7-6-8-13(9)5/h6-8H2,1-5H3. The van der Waals surface area contributed by atoms with Crippen LogP contribution in [-0.4, -0.2) is 48.5 Å². The molecule has 1 aliphatic rings. The third-order valence-corrected chi connectivity index (χ3v) is 2.11. The molecule has 0 unspecified atom stereocenters. The monoisotopic (exact) mass is 183 g/mol. The van der Waals surface area contributed by atoms with Gasteiger partial charge in [0.25, 0.3) is 0 Å². The molecule has 3 heteroatoms. The largest absolute Gasteiger partial charge is 0.346 e. The topological polar surface area (TPSA) is 18.8 Å². The van der Waals surface area contributed by atoms with Crippen LogP contribution in [-0.2, 0) is 0 Å². The molecule has 0 aliphatic carbocycles. The quantitative estimate of drug-likeness (QED) is 0.565. The lowest BCUT2D eigenvalue weighted by Gasteiger charge is -2.36. The summed E-state index contributed by atoms with van der Waals surface area (Å²) in [5, 5.41) is 0. The van der Waals surface area contributed by atoms with Crippen molar-refractivity contribution in [2.75, 3.05) is 27.2 Å². The Hall–Kier alpha value is -0.730. The molecule has 0 aromatic heterocycles. The maximum Gasteiger partial charge on any atom is 0.196 e. The molecule has 1 rings (SSSR count). The molecule has 1 fully saturated rings. The first-order valence-corrected chi connectivity index (χ1v) is 4.92.